The van der Waals surface area contributed by atoms with E-state index in [4.69, 9.17) is 0 Å². The number of likely N-dealkylation sites (tertiary alicyclic amines) is 1. The molecule has 0 radical (unpaired) electrons. The molecule has 3 aromatic carbocycles. The van der Waals surface area contributed by atoms with E-state index in [1.165, 1.54) is 0 Å². The number of amides is 1. The minimum absolute atomic E-state index is 0.00670. The lowest BCUT2D eigenvalue weighted by molar-refractivity contribution is -0.131. The molecule has 1 saturated heterocycles. The number of carbonyl (C=O) groups excluding carboxylic acids is 1. The van der Waals surface area contributed by atoms with Gasteiger partial charge in [0.1, 0.15) is 0 Å². The second kappa shape index (κ2) is 10.8. The van der Waals surface area contributed by atoms with Crippen molar-refractivity contribution in [2.75, 3.05) is 31.0 Å². The summed E-state index contributed by atoms with van der Waals surface area (Å²) in [6, 6.07) is 25.4. The minimum atomic E-state index is -2.96. The first-order valence-electron chi connectivity index (χ1n) is 12.7. The predicted molar refractivity (Wildman–Crippen MR) is 148 cm³/mol. The summed E-state index contributed by atoms with van der Waals surface area (Å²) in [5.74, 6) is 0.189. The molecule has 3 aromatic rings. The van der Waals surface area contributed by atoms with Gasteiger partial charge in [-0.25, -0.2) is 0 Å². The van der Waals surface area contributed by atoms with Crippen molar-refractivity contribution in [1.82, 2.24) is 9.80 Å². The summed E-state index contributed by atoms with van der Waals surface area (Å²) in [4.78, 5) is 17.5. The molecule has 2 aliphatic rings. The van der Waals surface area contributed by atoms with Gasteiger partial charge >= 0.3 is 0 Å². The van der Waals surface area contributed by atoms with Crippen LogP contribution in [0.15, 0.2) is 78.9 Å². The van der Waals surface area contributed by atoms with Crippen molar-refractivity contribution in [2.45, 2.75) is 37.3 Å². The van der Waals surface area contributed by atoms with Crippen LogP contribution in [0.4, 0.5) is 5.69 Å². The first-order chi connectivity index (χ1) is 17.8. The fourth-order valence-corrected chi connectivity index (χ4v) is 6.94. The Morgan fingerprint density at radius 3 is 2.41 bits per heavy atom. The topological polar surface area (TPSA) is 87.5 Å². The summed E-state index contributed by atoms with van der Waals surface area (Å²) in [5, 5.41) is 9.99. The number of rotatable bonds is 8. The molecule has 2 heterocycles. The van der Waals surface area contributed by atoms with Crippen LogP contribution >= 0.6 is 10.8 Å². The van der Waals surface area contributed by atoms with E-state index < -0.39 is 10.8 Å². The fraction of sp³-hybridized carbons (Fsp3) is 0.345. The zero-order chi connectivity index (χ0) is 26.0. The summed E-state index contributed by atoms with van der Waals surface area (Å²) in [5.41, 5.74) is 4.57. The van der Waals surface area contributed by atoms with Crippen LogP contribution in [0.2, 0.25) is 0 Å². The van der Waals surface area contributed by atoms with Gasteiger partial charge in [-0.1, -0.05) is 72.8 Å². The molecular weight excluding hydrogens is 486 g/mol. The molecule has 37 heavy (non-hydrogen) atoms. The Hall–Kier alpha value is -2.88. The highest BCUT2D eigenvalue weighted by Crippen LogP contribution is 2.57. The quantitative estimate of drug-likeness (QED) is 0.399. The van der Waals surface area contributed by atoms with Gasteiger partial charge in [-0.2, -0.15) is 0 Å². The Morgan fingerprint density at radius 1 is 1.03 bits per heavy atom. The molecule has 0 bridgehead atoms. The molecule has 0 spiro atoms. The Morgan fingerprint density at radius 2 is 1.73 bits per heavy atom. The van der Waals surface area contributed by atoms with Crippen LogP contribution in [0.5, 0.6) is 0 Å². The van der Waals surface area contributed by atoms with E-state index in [1.807, 2.05) is 90.8 Å². The van der Waals surface area contributed by atoms with Gasteiger partial charge < -0.3 is 10.0 Å². The smallest absolute Gasteiger partial charge is 0.227 e. The van der Waals surface area contributed by atoms with Crippen LogP contribution in [-0.2, 0) is 23.5 Å². The zero-order valence-electron chi connectivity index (χ0n) is 21.1. The van der Waals surface area contributed by atoms with E-state index in [2.05, 4.69) is 4.90 Å². The molecule has 2 atom stereocenters. The molecule has 8 heteroatoms. The van der Waals surface area contributed by atoms with Crippen LogP contribution < -0.4 is 4.31 Å². The molecule has 1 amide bonds. The predicted octanol–water partition coefficient (Wildman–Crippen LogP) is 4.68. The lowest BCUT2D eigenvalue weighted by Crippen LogP contribution is -2.39. The third-order valence-corrected chi connectivity index (χ3v) is 9.10. The number of hydrogen-bond donors (Lipinski definition) is 3. The third-order valence-electron chi connectivity index (χ3n) is 7.37. The number of benzene rings is 3. The molecule has 196 valence electrons. The van der Waals surface area contributed by atoms with Crippen LogP contribution in [0.25, 0.3) is 0 Å². The lowest BCUT2D eigenvalue weighted by Gasteiger charge is -2.38. The summed E-state index contributed by atoms with van der Waals surface area (Å²) in [6.07, 6.45) is 0.663. The number of β-amino-alcohol motifs (C(OH)–C–C–N with tert-alkyl or cyclic N) is 1. The van der Waals surface area contributed by atoms with E-state index in [-0.39, 0.29) is 30.2 Å². The average Bonchev–Trinajstić information content (AvgIpc) is 3.42. The monoisotopic (exact) mass is 521 g/mol. The van der Waals surface area contributed by atoms with Crippen LogP contribution in [0.3, 0.4) is 0 Å². The third kappa shape index (κ3) is 5.84. The summed E-state index contributed by atoms with van der Waals surface area (Å²) >= 11 is 0. The standard InChI is InChI=1S/C29H35N3O4S/c1-30(28(24-10-6-3-7-11-24)20-31-15-14-26(33)19-31)29(34)17-23-12-13-25-21-37(35,36)32(27(25)16-23)18-22-8-4-2-5-9-22/h2-13,16,26,28,33,35-36H,14-15,17-21H2,1H3/t26-,28+/m0/s1. The number of likely N-dealkylation sites (N-methyl/N-ethyl adjacent to an activating group) is 1. The van der Waals surface area contributed by atoms with Crippen molar-refractivity contribution in [1.29, 1.82) is 0 Å². The van der Waals surface area contributed by atoms with Gasteiger partial charge in [0.2, 0.25) is 5.91 Å². The number of fused-ring (bicyclic) bond motifs is 1. The first kappa shape index (κ1) is 25.8. The van der Waals surface area contributed by atoms with Crippen LogP contribution in [0.1, 0.15) is 34.7 Å². The maximum absolute atomic E-state index is 13.5. The average molecular weight is 522 g/mol. The molecule has 0 aliphatic carbocycles. The Bertz CT molecular complexity index is 1220. The van der Waals surface area contributed by atoms with E-state index in [0.29, 0.717) is 19.6 Å². The molecule has 0 saturated carbocycles. The summed E-state index contributed by atoms with van der Waals surface area (Å²) in [7, 11) is -1.12. The lowest BCUT2D eigenvalue weighted by atomic mass is 10.0. The van der Waals surface area contributed by atoms with Crippen LogP contribution in [-0.4, -0.2) is 62.7 Å². The van der Waals surface area contributed by atoms with Crippen molar-refractivity contribution in [3.8, 4) is 0 Å². The summed E-state index contributed by atoms with van der Waals surface area (Å²) in [6.45, 7) is 2.51. The second-order valence-corrected chi connectivity index (χ2v) is 12.1. The molecule has 2 aliphatic heterocycles. The largest absolute Gasteiger partial charge is 0.392 e. The molecule has 1 fully saturated rings. The van der Waals surface area contributed by atoms with E-state index in [1.54, 1.807) is 4.31 Å². The van der Waals surface area contributed by atoms with Crippen molar-refractivity contribution in [3.05, 3.63) is 101 Å². The molecular formula is C29H35N3O4S. The molecule has 5 rings (SSSR count). The number of aliphatic hydroxyl groups excluding tert-OH is 1. The normalized spacial score (nSPS) is 20.4. The zero-order valence-corrected chi connectivity index (χ0v) is 21.9. The van der Waals surface area contributed by atoms with Gasteiger partial charge in [0.05, 0.1) is 36.6 Å². The van der Waals surface area contributed by atoms with Gasteiger partial charge in [-0.15, -0.1) is 10.8 Å². The van der Waals surface area contributed by atoms with Gasteiger partial charge in [0.15, 0.2) is 0 Å². The Balaban J connectivity index is 1.34. The Kier molecular flexibility index (Phi) is 7.55. The molecule has 7 nitrogen and oxygen atoms in total. The van der Waals surface area contributed by atoms with Crippen molar-refractivity contribution < 1.29 is 19.0 Å². The highest BCUT2D eigenvalue weighted by Gasteiger charge is 2.34. The molecule has 0 unspecified atom stereocenters. The summed E-state index contributed by atoms with van der Waals surface area (Å²) < 4.78 is 23.3. The van der Waals surface area contributed by atoms with Crippen molar-refractivity contribution in [3.63, 3.8) is 0 Å². The van der Waals surface area contributed by atoms with Gasteiger partial charge in [-0.05, 0) is 34.7 Å². The Labute approximate surface area is 220 Å². The van der Waals surface area contributed by atoms with Crippen molar-refractivity contribution >= 4 is 22.4 Å². The number of hydrogen-bond acceptors (Lipinski definition) is 6. The molecule has 0 aromatic heterocycles. The minimum Gasteiger partial charge on any atom is -0.392 e. The maximum atomic E-state index is 13.5. The highest BCUT2D eigenvalue weighted by atomic mass is 32.3. The van der Waals surface area contributed by atoms with E-state index in [0.717, 1.165) is 40.9 Å². The number of anilines is 1. The maximum Gasteiger partial charge on any atom is 0.227 e. The van der Waals surface area contributed by atoms with Gasteiger partial charge in [0.25, 0.3) is 0 Å². The molecule has 3 N–H and O–H groups in total. The van der Waals surface area contributed by atoms with Crippen LogP contribution in [0, 0.1) is 0 Å². The first-order valence-corrected chi connectivity index (χ1v) is 14.4. The fourth-order valence-electron chi connectivity index (χ4n) is 5.28. The second-order valence-electron chi connectivity index (χ2n) is 10.1. The van der Waals surface area contributed by atoms with Gasteiger partial charge in [-0.3, -0.25) is 23.1 Å². The number of nitrogens with zero attached hydrogens (tertiary/aromatic N) is 3. The van der Waals surface area contributed by atoms with Crippen molar-refractivity contribution in [2.24, 2.45) is 0 Å². The van der Waals surface area contributed by atoms with E-state index in [9.17, 15) is 19.0 Å². The highest BCUT2D eigenvalue weighted by molar-refractivity contribution is 8.25. The number of aliphatic hydroxyl groups is 1. The van der Waals surface area contributed by atoms with E-state index >= 15 is 0 Å². The number of carbonyl (C=O) groups is 1. The van der Waals surface area contributed by atoms with Gasteiger partial charge in [0, 0.05) is 26.7 Å². The SMILES string of the molecule is CN(C(=O)Cc1ccc2c(c1)N(Cc1ccccc1)S(O)(O)C2)[C@H](CN1CC[C@H](O)C1)c1ccccc1.